The molecule has 0 aliphatic rings. The molecular formula is C40H30. The van der Waals surface area contributed by atoms with Crippen LogP contribution in [0.4, 0.5) is 0 Å². The van der Waals surface area contributed by atoms with Crippen LogP contribution in [0.25, 0.3) is 66.1 Å². The van der Waals surface area contributed by atoms with Crippen LogP contribution < -0.4 is 0 Å². The van der Waals surface area contributed by atoms with Crippen molar-refractivity contribution < 1.29 is 0 Å². The van der Waals surface area contributed by atoms with E-state index in [1.807, 2.05) is 0 Å². The number of rotatable bonds is 4. The topological polar surface area (TPSA) is 0 Å². The maximum Gasteiger partial charge on any atom is -0.00235 e. The lowest BCUT2D eigenvalue weighted by Crippen LogP contribution is -1.94. The zero-order valence-corrected chi connectivity index (χ0v) is 22.9. The third-order valence-electron chi connectivity index (χ3n) is 8.16. The molecule has 0 aliphatic heterocycles. The summed E-state index contributed by atoms with van der Waals surface area (Å²) in [7, 11) is 0. The van der Waals surface area contributed by atoms with Gasteiger partial charge in [-0.3, -0.25) is 0 Å². The lowest BCUT2D eigenvalue weighted by atomic mass is 9.82. The molecule has 0 saturated heterocycles. The van der Waals surface area contributed by atoms with Gasteiger partial charge in [0, 0.05) is 0 Å². The summed E-state index contributed by atoms with van der Waals surface area (Å²) in [5, 5.41) is 5.14. The van der Waals surface area contributed by atoms with Crippen LogP contribution in [0, 0.1) is 13.8 Å². The van der Waals surface area contributed by atoms with E-state index in [2.05, 4.69) is 159 Å². The van der Waals surface area contributed by atoms with E-state index in [-0.39, 0.29) is 0 Å². The van der Waals surface area contributed by atoms with Crippen molar-refractivity contribution in [3.63, 3.8) is 0 Å². The predicted molar refractivity (Wildman–Crippen MR) is 173 cm³/mol. The fourth-order valence-corrected chi connectivity index (χ4v) is 6.14. The van der Waals surface area contributed by atoms with Gasteiger partial charge in [0.15, 0.2) is 0 Å². The van der Waals surface area contributed by atoms with Crippen molar-refractivity contribution in [1.29, 1.82) is 0 Å². The van der Waals surface area contributed by atoms with Gasteiger partial charge >= 0.3 is 0 Å². The van der Waals surface area contributed by atoms with Crippen molar-refractivity contribution >= 4 is 21.5 Å². The predicted octanol–water partition coefficient (Wildman–Crippen LogP) is 11.3. The van der Waals surface area contributed by atoms with Crippen LogP contribution >= 0.6 is 0 Å². The monoisotopic (exact) mass is 510 g/mol. The third-order valence-corrected chi connectivity index (χ3v) is 8.16. The minimum absolute atomic E-state index is 1.23. The normalized spacial score (nSPS) is 11.2. The molecular weight excluding hydrogens is 480 g/mol. The Kier molecular flexibility index (Phi) is 6.02. The molecule has 0 saturated carbocycles. The standard InChI is InChI=1S/C40H30/c1-27-13-9-11-19-33(27)39-35-23-21-32(30-17-7-4-8-18-30)26-38(35)40(34-20-12-10-14-28(34)2)36-24-22-31(25-37(36)39)29-15-5-3-6-16-29/h3-26H,1-2H3. The van der Waals surface area contributed by atoms with Crippen molar-refractivity contribution in [2.45, 2.75) is 13.8 Å². The van der Waals surface area contributed by atoms with Gasteiger partial charge in [-0.2, -0.15) is 0 Å². The molecule has 0 unspecified atom stereocenters. The molecule has 0 bridgehead atoms. The average molecular weight is 511 g/mol. The molecule has 0 fully saturated rings. The molecule has 0 N–H and O–H groups in total. The van der Waals surface area contributed by atoms with Gasteiger partial charge in [0.2, 0.25) is 0 Å². The summed E-state index contributed by atoms with van der Waals surface area (Å²) in [5.74, 6) is 0. The summed E-state index contributed by atoms with van der Waals surface area (Å²) < 4.78 is 0. The van der Waals surface area contributed by atoms with E-state index in [0.29, 0.717) is 0 Å². The van der Waals surface area contributed by atoms with E-state index in [1.165, 1.54) is 77.2 Å². The molecule has 40 heavy (non-hydrogen) atoms. The second-order valence-electron chi connectivity index (χ2n) is 10.6. The van der Waals surface area contributed by atoms with Gasteiger partial charge in [-0.1, -0.05) is 133 Å². The number of aryl methyl sites for hydroxylation is 2. The zero-order chi connectivity index (χ0) is 27.1. The highest BCUT2D eigenvalue weighted by atomic mass is 14.2. The Balaban J connectivity index is 1.68. The molecule has 190 valence electrons. The van der Waals surface area contributed by atoms with Crippen molar-refractivity contribution in [2.24, 2.45) is 0 Å². The molecule has 0 nitrogen and oxygen atoms in total. The van der Waals surface area contributed by atoms with Crippen LogP contribution in [0.2, 0.25) is 0 Å². The van der Waals surface area contributed by atoms with Crippen LogP contribution in [0.1, 0.15) is 11.1 Å². The number of fused-ring (bicyclic) bond motifs is 2. The smallest absolute Gasteiger partial charge is 0.00235 e. The van der Waals surface area contributed by atoms with E-state index in [1.54, 1.807) is 0 Å². The summed E-state index contributed by atoms with van der Waals surface area (Å²) in [5.41, 5.74) is 12.7. The summed E-state index contributed by atoms with van der Waals surface area (Å²) >= 11 is 0. The van der Waals surface area contributed by atoms with Gasteiger partial charge in [-0.25, -0.2) is 0 Å². The molecule has 0 spiro atoms. The lowest BCUT2D eigenvalue weighted by molar-refractivity contribution is 1.47. The van der Waals surface area contributed by atoms with Gasteiger partial charge < -0.3 is 0 Å². The number of benzene rings is 7. The summed E-state index contributed by atoms with van der Waals surface area (Å²) in [6.45, 7) is 4.45. The zero-order valence-electron chi connectivity index (χ0n) is 22.9. The highest BCUT2D eigenvalue weighted by Crippen LogP contribution is 2.47. The second kappa shape index (κ2) is 9.98. The lowest BCUT2D eigenvalue weighted by Gasteiger charge is -2.21. The Labute approximate surface area is 236 Å². The van der Waals surface area contributed by atoms with Crippen molar-refractivity contribution in [3.8, 4) is 44.5 Å². The van der Waals surface area contributed by atoms with Crippen molar-refractivity contribution in [3.05, 3.63) is 157 Å². The first kappa shape index (κ1) is 24.1. The van der Waals surface area contributed by atoms with E-state index >= 15 is 0 Å². The first-order chi connectivity index (χ1) is 19.7. The quantitative estimate of drug-likeness (QED) is 0.207. The van der Waals surface area contributed by atoms with Crippen molar-refractivity contribution in [2.75, 3.05) is 0 Å². The van der Waals surface area contributed by atoms with Gasteiger partial charge in [-0.15, -0.1) is 0 Å². The molecule has 7 aromatic rings. The van der Waals surface area contributed by atoms with Gasteiger partial charge in [0.1, 0.15) is 0 Å². The maximum atomic E-state index is 2.40. The molecule has 0 radical (unpaired) electrons. The third kappa shape index (κ3) is 4.10. The Morgan fingerprint density at radius 1 is 0.300 bits per heavy atom. The summed E-state index contributed by atoms with van der Waals surface area (Å²) in [6, 6.07) is 53.1. The second-order valence-corrected chi connectivity index (χ2v) is 10.6. The van der Waals surface area contributed by atoms with Gasteiger partial charge in [0.25, 0.3) is 0 Å². The molecule has 0 heterocycles. The SMILES string of the molecule is Cc1ccccc1-c1c2ccc(-c3ccccc3)cc2c(-c2ccccc2C)c2ccc(-c3ccccc3)cc12. The Bertz CT molecular complexity index is 1850. The molecule has 0 amide bonds. The van der Waals surface area contributed by atoms with Crippen LogP contribution in [0.3, 0.4) is 0 Å². The molecule has 0 heteroatoms. The van der Waals surface area contributed by atoms with Gasteiger partial charge in [-0.05, 0) is 103 Å². The van der Waals surface area contributed by atoms with Crippen LogP contribution in [-0.4, -0.2) is 0 Å². The van der Waals surface area contributed by atoms with E-state index in [9.17, 15) is 0 Å². The summed E-state index contributed by atoms with van der Waals surface area (Å²) in [4.78, 5) is 0. The Hall–Kier alpha value is -4.94. The molecule has 0 atom stereocenters. The van der Waals surface area contributed by atoms with Crippen LogP contribution in [-0.2, 0) is 0 Å². The molecule has 7 aromatic carbocycles. The minimum Gasteiger partial charge on any atom is -0.0622 e. The molecule has 0 aliphatic carbocycles. The highest BCUT2D eigenvalue weighted by molar-refractivity contribution is 6.23. The highest BCUT2D eigenvalue weighted by Gasteiger charge is 2.20. The van der Waals surface area contributed by atoms with E-state index < -0.39 is 0 Å². The van der Waals surface area contributed by atoms with E-state index in [4.69, 9.17) is 0 Å². The fourth-order valence-electron chi connectivity index (χ4n) is 6.14. The Morgan fingerprint density at radius 3 is 1.07 bits per heavy atom. The first-order valence-corrected chi connectivity index (χ1v) is 14.0. The van der Waals surface area contributed by atoms with E-state index in [0.717, 1.165) is 0 Å². The molecule has 0 aromatic heterocycles. The van der Waals surface area contributed by atoms with Gasteiger partial charge in [0.05, 0.1) is 0 Å². The van der Waals surface area contributed by atoms with Crippen LogP contribution in [0.15, 0.2) is 146 Å². The average Bonchev–Trinajstić information content (AvgIpc) is 3.01. The minimum atomic E-state index is 1.23. The summed E-state index contributed by atoms with van der Waals surface area (Å²) in [6.07, 6.45) is 0. The number of hydrogen-bond acceptors (Lipinski definition) is 0. The Morgan fingerprint density at radius 2 is 0.675 bits per heavy atom. The van der Waals surface area contributed by atoms with Crippen molar-refractivity contribution in [1.82, 2.24) is 0 Å². The molecule has 7 rings (SSSR count). The fraction of sp³-hybridized carbons (Fsp3) is 0.0500. The largest absolute Gasteiger partial charge is 0.0622 e. The maximum absolute atomic E-state index is 2.40. The first-order valence-electron chi connectivity index (χ1n) is 14.0. The van der Waals surface area contributed by atoms with Crippen LogP contribution in [0.5, 0.6) is 0 Å². The number of hydrogen-bond donors (Lipinski definition) is 0.